The molecule has 0 saturated carbocycles. The predicted molar refractivity (Wildman–Crippen MR) is 95.8 cm³/mol. The molecule has 0 N–H and O–H groups in total. The zero-order chi connectivity index (χ0) is 17.6. The third kappa shape index (κ3) is 4.61. The molecule has 1 aromatic carbocycles. The summed E-state index contributed by atoms with van der Waals surface area (Å²) in [7, 11) is 0. The summed E-state index contributed by atoms with van der Waals surface area (Å²) in [6.07, 6.45) is 4.85. The van der Waals surface area contributed by atoms with E-state index in [-0.39, 0.29) is 12.4 Å². The van der Waals surface area contributed by atoms with Crippen molar-refractivity contribution in [1.82, 2.24) is 9.78 Å². The van der Waals surface area contributed by atoms with Gasteiger partial charge in [-0.05, 0) is 55.5 Å². The van der Waals surface area contributed by atoms with E-state index >= 15 is 0 Å². The number of hydrogen-bond donors (Lipinski definition) is 0. The molecule has 0 unspecified atom stereocenters. The molecule has 2 heterocycles. The number of aryl methyl sites for hydroxylation is 1. The van der Waals surface area contributed by atoms with Gasteiger partial charge in [0, 0.05) is 17.8 Å². The fraction of sp³-hybridized carbons (Fsp3) is 0.158. The zero-order valence-corrected chi connectivity index (χ0v) is 14.4. The smallest absolute Gasteiger partial charge is 0.206 e. The van der Waals surface area contributed by atoms with Crippen molar-refractivity contribution in [3.63, 3.8) is 0 Å². The standard InChI is InChI=1S/C19H17ClN2O3/c1-2-22-11-10-18(21-22)19(23)9-8-15-6-7-17(25-15)13-24-16-5-3-4-14(20)12-16/h3-12H,2,13H2,1H3/b9-8+. The number of ether oxygens (including phenoxy) is 1. The first-order chi connectivity index (χ1) is 12.1. The quantitative estimate of drug-likeness (QED) is 0.457. The number of hydrogen-bond acceptors (Lipinski definition) is 4. The van der Waals surface area contributed by atoms with Crippen LogP contribution in [0.1, 0.15) is 28.9 Å². The Labute approximate surface area is 150 Å². The first kappa shape index (κ1) is 17.0. The van der Waals surface area contributed by atoms with Gasteiger partial charge in [0.05, 0.1) is 0 Å². The molecule has 25 heavy (non-hydrogen) atoms. The Morgan fingerprint density at radius 2 is 2.20 bits per heavy atom. The molecule has 0 aliphatic carbocycles. The van der Waals surface area contributed by atoms with Crippen molar-refractivity contribution in [2.24, 2.45) is 0 Å². The van der Waals surface area contributed by atoms with Gasteiger partial charge in [0.1, 0.15) is 29.6 Å². The monoisotopic (exact) mass is 356 g/mol. The largest absolute Gasteiger partial charge is 0.486 e. The summed E-state index contributed by atoms with van der Waals surface area (Å²) in [6, 6.07) is 12.4. The molecule has 0 atom stereocenters. The Hall–Kier alpha value is -2.79. The fourth-order valence-corrected chi connectivity index (χ4v) is 2.37. The van der Waals surface area contributed by atoms with E-state index in [2.05, 4.69) is 5.10 Å². The molecule has 0 radical (unpaired) electrons. The molecular weight excluding hydrogens is 340 g/mol. The molecule has 0 spiro atoms. The normalized spacial score (nSPS) is 11.1. The summed E-state index contributed by atoms with van der Waals surface area (Å²) in [4.78, 5) is 12.1. The van der Waals surface area contributed by atoms with E-state index in [4.69, 9.17) is 20.8 Å². The number of rotatable bonds is 7. The van der Waals surface area contributed by atoms with Crippen LogP contribution in [-0.4, -0.2) is 15.6 Å². The Morgan fingerprint density at radius 1 is 1.32 bits per heavy atom. The molecule has 0 bridgehead atoms. The van der Waals surface area contributed by atoms with Gasteiger partial charge >= 0.3 is 0 Å². The predicted octanol–water partition coefficient (Wildman–Crippen LogP) is 4.62. The highest BCUT2D eigenvalue weighted by Crippen LogP contribution is 2.19. The van der Waals surface area contributed by atoms with Crippen LogP contribution in [0.3, 0.4) is 0 Å². The molecule has 0 aliphatic heterocycles. The Kier molecular flexibility index (Phi) is 5.36. The summed E-state index contributed by atoms with van der Waals surface area (Å²) in [5.74, 6) is 1.73. The highest BCUT2D eigenvalue weighted by Gasteiger charge is 2.06. The maximum absolute atomic E-state index is 12.1. The van der Waals surface area contributed by atoms with Gasteiger partial charge in [0.15, 0.2) is 0 Å². The Morgan fingerprint density at radius 3 is 2.96 bits per heavy atom. The van der Waals surface area contributed by atoms with Crippen LogP contribution in [0, 0.1) is 0 Å². The van der Waals surface area contributed by atoms with Crippen molar-refractivity contribution < 1.29 is 13.9 Å². The Bertz CT molecular complexity index is 895. The van der Waals surface area contributed by atoms with Crippen LogP contribution in [0.15, 0.2) is 59.2 Å². The minimum Gasteiger partial charge on any atom is -0.486 e. The summed E-state index contributed by atoms with van der Waals surface area (Å²) in [6.45, 7) is 2.97. The lowest BCUT2D eigenvalue weighted by atomic mass is 10.2. The lowest BCUT2D eigenvalue weighted by molar-refractivity contribution is 0.104. The molecule has 2 aromatic heterocycles. The van der Waals surface area contributed by atoms with Crippen LogP contribution in [-0.2, 0) is 13.2 Å². The third-order valence-electron chi connectivity index (χ3n) is 3.48. The highest BCUT2D eigenvalue weighted by molar-refractivity contribution is 6.30. The molecule has 6 heteroatoms. The maximum Gasteiger partial charge on any atom is 0.206 e. The topological polar surface area (TPSA) is 57.3 Å². The maximum atomic E-state index is 12.1. The van der Waals surface area contributed by atoms with Gasteiger partial charge in [0.2, 0.25) is 5.78 Å². The van der Waals surface area contributed by atoms with Gasteiger partial charge < -0.3 is 9.15 Å². The van der Waals surface area contributed by atoms with E-state index in [9.17, 15) is 4.79 Å². The average molecular weight is 357 g/mol. The van der Waals surface area contributed by atoms with Crippen molar-refractivity contribution in [3.8, 4) is 5.75 Å². The summed E-state index contributed by atoms with van der Waals surface area (Å²) >= 11 is 5.91. The van der Waals surface area contributed by atoms with Gasteiger partial charge in [-0.2, -0.15) is 5.10 Å². The van der Waals surface area contributed by atoms with Gasteiger partial charge in [0.25, 0.3) is 0 Å². The minimum absolute atomic E-state index is 0.166. The van der Waals surface area contributed by atoms with Crippen molar-refractivity contribution in [1.29, 1.82) is 0 Å². The summed E-state index contributed by atoms with van der Waals surface area (Å²) in [5.41, 5.74) is 0.411. The van der Waals surface area contributed by atoms with E-state index in [1.54, 1.807) is 47.3 Å². The second-order valence-electron chi connectivity index (χ2n) is 5.30. The average Bonchev–Trinajstić information content (AvgIpc) is 3.27. The molecule has 0 saturated heterocycles. The van der Waals surface area contributed by atoms with E-state index in [1.165, 1.54) is 6.08 Å². The van der Waals surface area contributed by atoms with E-state index in [0.717, 1.165) is 6.54 Å². The number of carbonyl (C=O) groups excluding carboxylic acids is 1. The number of nitrogens with zero attached hydrogens (tertiary/aromatic N) is 2. The SMILES string of the molecule is CCn1ccc(C(=O)/C=C/c2ccc(COc3cccc(Cl)c3)o2)n1. The molecule has 3 rings (SSSR count). The van der Waals surface area contributed by atoms with Gasteiger partial charge in [-0.25, -0.2) is 0 Å². The van der Waals surface area contributed by atoms with Crippen LogP contribution in [0.5, 0.6) is 5.75 Å². The first-order valence-corrected chi connectivity index (χ1v) is 8.25. The third-order valence-corrected chi connectivity index (χ3v) is 3.71. The number of halogens is 1. The minimum atomic E-state index is -0.166. The first-order valence-electron chi connectivity index (χ1n) is 7.87. The number of allylic oxidation sites excluding steroid dienone is 1. The van der Waals surface area contributed by atoms with Crippen LogP contribution >= 0.6 is 11.6 Å². The van der Waals surface area contributed by atoms with Crippen molar-refractivity contribution in [2.75, 3.05) is 0 Å². The number of carbonyl (C=O) groups is 1. The highest BCUT2D eigenvalue weighted by atomic mass is 35.5. The second kappa shape index (κ2) is 7.85. The molecule has 0 amide bonds. The van der Waals surface area contributed by atoms with Crippen molar-refractivity contribution in [2.45, 2.75) is 20.1 Å². The number of furan rings is 1. The molecule has 0 fully saturated rings. The van der Waals surface area contributed by atoms with Gasteiger partial charge in [-0.3, -0.25) is 9.48 Å². The lowest BCUT2D eigenvalue weighted by Crippen LogP contribution is -1.99. The van der Waals surface area contributed by atoms with E-state index in [0.29, 0.717) is 28.0 Å². The number of aromatic nitrogens is 2. The molecule has 3 aromatic rings. The molecule has 128 valence electrons. The lowest BCUT2D eigenvalue weighted by Gasteiger charge is -2.03. The Balaban J connectivity index is 1.58. The fourth-order valence-electron chi connectivity index (χ4n) is 2.19. The second-order valence-corrected chi connectivity index (χ2v) is 5.74. The molecule has 0 aliphatic rings. The van der Waals surface area contributed by atoms with Crippen LogP contribution < -0.4 is 4.74 Å². The van der Waals surface area contributed by atoms with Crippen molar-refractivity contribution in [3.05, 3.63) is 77.0 Å². The zero-order valence-electron chi connectivity index (χ0n) is 13.7. The molecule has 5 nitrogen and oxygen atoms in total. The number of ketones is 1. The number of benzene rings is 1. The molecular formula is C19H17ClN2O3. The van der Waals surface area contributed by atoms with Crippen LogP contribution in [0.25, 0.3) is 6.08 Å². The summed E-state index contributed by atoms with van der Waals surface area (Å²) < 4.78 is 12.9. The van der Waals surface area contributed by atoms with Crippen LogP contribution in [0.4, 0.5) is 0 Å². The van der Waals surface area contributed by atoms with Gasteiger partial charge in [-0.15, -0.1) is 0 Å². The van der Waals surface area contributed by atoms with E-state index < -0.39 is 0 Å². The summed E-state index contributed by atoms with van der Waals surface area (Å²) in [5, 5.41) is 4.79. The van der Waals surface area contributed by atoms with Gasteiger partial charge in [-0.1, -0.05) is 17.7 Å². The van der Waals surface area contributed by atoms with Crippen molar-refractivity contribution >= 4 is 23.5 Å². The van der Waals surface area contributed by atoms with E-state index in [1.807, 2.05) is 19.1 Å². The van der Waals surface area contributed by atoms with Crippen LogP contribution in [0.2, 0.25) is 5.02 Å².